The second-order valence-corrected chi connectivity index (χ2v) is 5.47. The molecule has 0 spiro atoms. The highest BCUT2D eigenvalue weighted by molar-refractivity contribution is 6.04. The molecule has 0 aliphatic carbocycles. The van der Waals surface area contributed by atoms with Crippen molar-refractivity contribution in [1.29, 1.82) is 0 Å². The number of nitrogens with one attached hydrogen (secondary N) is 2. The molecule has 0 amide bonds. The molecule has 2 N–H and O–H groups in total. The van der Waals surface area contributed by atoms with Crippen LogP contribution in [0.3, 0.4) is 0 Å². The molecule has 0 fully saturated rings. The number of allylic oxidation sites excluding steroid dienone is 1. The summed E-state index contributed by atoms with van der Waals surface area (Å²) in [6.07, 6.45) is 4.78. The molecule has 0 bridgehead atoms. The molecule has 0 saturated carbocycles. The minimum Gasteiger partial charge on any atom is -0.436 e. The first-order valence-corrected chi connectivity index (χ1v) is 7.75. The number of aromatic nitrogens is 4. The number of hydrogen-bond acceptors (Lipinski definition) is 8. The van der Waals surface area contributed by atoms with Gasteiger partial charge in [0.05, 0.1) is 5.52 Å². The van der Waals surface area contributed by atoms with Crippen molar-refractivity contribution >= 4 is 46.2 Å². The molecule has 1 aromatic carbocycles. The van der Waals surface area contributed by atoms with E-state index in [-0.39, 0.29) is 11.8 Å². The molecule has 0 unspecified atom stereocenters. The average Bonchev–Trinajstić information content (AvgIpc) is 3.26. The Morgan fingerprint density at radius 2 is 2.15 bits per heavy atom. The second-order valence-electron chi connectivity index (χ2n) is 5.47. The van der Waals surface area contributed by atoms with Crippen LogP contribution in [-0.4, -0.2) is 26.4 Å². The number of anilines is 1. The van der Waals surface area contributed by atoms with Crippen molar-refractivity contribution in [2.75, 3.05) is 5.43 Å². The Morgan fingerprint density at radius 3 is 3.00 bits per heavy atom. The summed E-state index contributed by atoms with van der Waals surface area (Å²) < 4.78 is 5.10. The number of para-hydroxylation sites is 1. The van der Waals surface area contributed by atoms with Crippen LogP contribution in [0.25, 0.3) is 28.1 Å². The van der Waals surface area contributed by atoms with Crippen molar-refractivity contribution < 1.29 is 4.42 Å². The maximum atomic E-state index is 10.3. The summed E-state index contributed by atoms with van der Waals surface area (Å²) >= 11 is 0. The molecule has 9 heteroatoms. The number of aryl methyl sites for hydroxylation is 1. The lowest BCUT2D eigenvalue weighted by Crippen LogP contribution is -1.98. The van der Waals surface area contributed by atoms with E-state index in [2.05, 4.69) is 35.9 Å². The van der Waals surface area contributed by atoms with Gasteiger partial charge in [-0.25, -0.2) is 5.43 Å². The van der Waals surface area contributed by atoms with Crippen LogP contribution in [0.2, 0.25) is 0 Å². The van der Waals surface area contributed by atoms with Crippen LogP contribution in [0, 0.1) is 11.8 Å². The molecule has 26 heavy (non-hydrogen) atoms. The maximum absolute atomic E-state index is 10.3. The van der Waals surface area contributed by atoms with Crippen LogP contribution >= 0.6 is 0 Å². The number of nitroso groups, excluding NO2 is 1. The van der Waals surface area contributed by atoms with Gasteiger partial charge in [-0.2, -0.15) is 10.1 Å². The first-order chi connectivity index (χ1) is 12.7. The van der Waals surface area contributed by atoms with Gasteiger partial charge in [-0.1, -0.05) is 18.2 Å². The van der Waals surface area contributed by atoms with Gasteiger partial charge < -0.3 is 9.40 Å². The summed E-state index contributed by atoms with van der Waals surface area (Å²) in [6, 6.07) is 9.09. The van der Waals surface area contributed by atoms with Gasteiger partial charge in [0.15, 0.2) is 5.65 Å². The summed E-state index contributed by atoms with van der Waals surface area (Å²) in [6.45, 7) is 2.02. The van der Waals surface area contributed by atoms with Gasteiger partial charge in [0, 0.05) is 22.8 Å². The molecule has 0 aliphatic rings. The van der Waals surface area contributed by atoms with Crippen molar-refractivity contribution in [3.63, 3.8) is 0 Å². The van der Waals surface area contributed by atoms with Gasteiger partial charge in [-0.05, 0) is 30.7 Å². The molecule has 3 aromatic heterocycles. The molecule has 0 aliphatic heterocycles. The molecule has 0 atom stereocenters. The van der Waals surface area contributed by atoms with Crippen molar-refractivity contribution in [2.24, 2.45) is 10.3 Å². The third-order valence-electron chi connectivity index (χ3n) is 3.75. The molecule has 3 heterocycles. The molecular weight excluding hydrogens is 334 g/mol. The first-order valence-electron chi connectivity index (χ1n) is 7.75. The highest BCUT2D eigenvalue weighted by atomic mass is 16.4. The predicted octanol–water partition coefficient (Wildman–Crippen LogP) is 3.92. The third-order valence-corrected chi connectivity index (χ3v) is 3.75. The lowest BCUT2D eigenvalue weighted by molar-refractivity contribution is 0.566. The number of hydrazone groups is 1. The zero-order valence-corrected chi connectivity index (χ0v) is 13.7. The largest absolute Gasteiger partial charge is 0.436 e. The topological polar surface area (TPSA) is 121 Å². The lowest BCUT2D eigenvalue weighted by atomic mass is 10.1. The molecule has 9 nitrogen and oxygen atoms in total. The maximum Gasteiger partial charge on any atom is 0.265 e. The summed E-state index contributed by atoms with van der Waals surface area (Å²) in [4.78, 5) is 17.9. The van der Waals surface area contributed by atoms with Gasteiger partial charge in [0.2, 0.25) is 0 Å². The van der Waals surface area contributed by atoms with Crippen LogP contribution in [0.5, 0.6) is 0 Å². The summed E-state index contributed by atoms with van der Waals surface area (Å²) in [5.74, 6) is 0.802. The van der Waals surface area contributed by atoms with E-state index in [0.29, 0.717) is 11.4 Å². The average molecular weight is 347 g/mol. The number of nitrogens with zero attached hydrogens (tertiary/aromatic N) is 5. The SMILES string of the molecule is Cc1cccc2c1[nH]c1nc(N/N=C/C=C/c3ccc(N=O)o3)nnc12. The highest BCUT2D eigenvalue weighted by Crippen LogP contribution is 2.24. The van der Waals surface area contributed by atoms with Crippen LogP contribution in [0.15, 0.2) is 51.1 Å². The van der Waals surface area contributed by atoms with Gasteiger partial charge in [-0.3, -0.25) is 0 Å². The summed E-state index contributed by atoms with van der Waals surface area (Å²) in [5.41, 5.74) is 6.18. The van der Waals surface area contributed by atoms with E-state index in [0.717, 1.165) is 22.0 Å². The minimum atomic E-state index is 0.0288. The minimum absolute atomic E-state index is 0.0288. The fraction of sp³-hybridized carbons (Fsp3) is 0.0588. The fourth-order valence-corrected chi connectivity index (χ4v) is 2.55. The number of hydrogen-bond donors (Lipinski definition) is 2. The Labute approximate surface area is 146 Å². The Kier molecular flexibility index (Phi) is 3.94. The lowest BCUT2D eigenvalue weighted by Gasteiger charge is -1.95. The number of furan rings is 1. The Balaban J connectivity index is 1.49. The number of aromatic amines is 1. The molecule has 128 valence electrons. The van der Waals surface area contributed by atoms with Crippen LogP contribution in [-0.2, 0) is 0 Å². The van der Waals surface area contributed by atoms with Crippen LogP contribution < -0.4 is 5.43 Å². The van der Waals surface area contributed by atoms with Crippen LogP contribution in [0.4, 0.5) is 11.8 Å². The van der Waals surface area contributed by atoms with Gasteiger partial charge in [0.25, 0.3) is 11.8 Å². The predicted molar refractivity (Wildman–Crippen MR) is 99.2 cm³/mol. The van der Waals surface area contributed by atoms with Gasteiger partial charge >= 0.3 is 0 Å². The summed E-state index contributed by atoms with van der Waals surface area (Å²) in [7, 11) is 0. The second kappa shape index (κ2) is 6.55. The Hall–Kier alpha value is -3.88. The highest BCUT2D eigenvalue weighted by Gasteiger charge is 2.09. The molecule has 0 radical (unpaired) electrons. The standard InChI is InChI=1S/C17H13N7O2/c1-10-4-2-6-12-14(10)19-16-15(12)21-23-17(20-16)22-18-9-3-5-11-7-8-13(24-25)26-11/h2-9H,1H3,(H2,19,20,22,23)/b5-3+,18-9+. The number of H-pyrrole nitrogens is 1. The third kappa shape index (κ3) is 2.93. The Morgan fingerprint density at radius 1 is 1.23 bits per heavy atom. The first kappa shape index (κ1) is 15.6. The molecule has 0 saturated heterocycles. The quantitative estimate of drug-likeness (QED) is 0.320. The van der Waals surface area contributed by atoms with Gasteiger partial charge in [-0.15, -0.1) is 15.1 Å². The monoisotopic (exact) mass is 347 g/mol. The van der Waals surface area contributed by atoms with E-state index in [4.69, 9.17) is 4.42 Å². The normalized spacial score (nSPS) is 11.9. The molecular formula is C17H13N7O2. The van der Waals surface area contributed by atoms with E-state index in [9.17, 15) is 4.91 Å². The van der Waals surface area contributed by atoms with Crippen LogP contribution in [0.1, 0.15) is 11.3 Å². The number of rotatable bonds is 5. The zero-order chi connectivity index (χ0) is 17.9. The fourth-order valence-electron chi connectivity index (χ4n) is 2.55. The molecule has 4 aromatic rings. The number of benzene rings is 1. The van der Waals surface area contributed by atoms with E-state index >= 15 is 0 Å². The zero-order valence-electron chi connectivity index (χ0n) is 13.7. The van der Waals surface area contributed by atoms with Crippen molar-refractivity contribution in [2.45, 2.75) is 6.92 Å². The van der Waals surface area contributed by atoms with E-state index < -0.39 is 0 Å². The van der Waals surface area contributed by atoms with Crippen molar-refractivity contribution in [3.8, 4) is 0 Å². The van der Waals surface area contributed by atoms with Crippen molar-refractivity contribution in [1.82, 2.24) is 20.2 Å². The Bertz CT molecular complexity index is 1160. The smallest absolute Gasteiger partial charge is 0.265 e. The number of fused-ring (bicyclic) bond motifs is 3. The van der Waals surface area contributed by atoms with E-state index in [1.165, 1.54) is 12.3 Å². The van der Waals surface area contributed by atoms with E-state index in [1.807, 2.05) is 25.1 Å². The summed E-state index contributed by atoms with van der Waals surface area (Å²) in [5, 5.41) is 15.9. The van der Waals surface area contributed by atoms with E-state index in [1.54, 1.807) is 18.2 Å². The van der Waals surface area contributed by atoms with Gasteiger partial charge in [0.1, 0.15) is 11.3 Å². The van der Waals surface area contributed by atoms with Crippen molar-refractivity contribution in [3.05, 3.63) is 52.6 Å². The molecule has 4 rings (SSSR count).